The van der Waals surface area contributed by atoms with Crippen molar-refractivity contribution >= 4 is 23.9 Å². The van der Waals surface area contributed by atoms with Gasteiger partial charge in [0.1, 0.15) is 12.5 Å². The van der Waals surface area contributed by atoms with Crippen molar-refractivity contribution in [1.82, 2.24) is 0 Å². The maximum Gasteiger partial charge on any atom is 0.366 e. The van der Waals surface area contributed by atoms with Crippen molar-refractivity contribution in [3.63, 3.8) is 0 Å². The molecule has 0 saturated heterocycles. The van der Waals surface area contributed by atoms with E-state index in [1.54, 1.807) is 34.9 Å². The average molecular weight is 1010 g/mol. The normalized spacial score (nSPS) is 15.8. The molecular formula is C60H116N2O9+2. The van der Waals surface area contributed by atoms with Gasteiger partial charge in [-0.3, -0.25) is 9.59 Å². The molecule has 0 aliphatic carbocycles. The molecule has 6 unspecified atom stereocenters. The Morgan fingerprint density at radius 3 is 1.31 bits per heavy atom. The molecule has 0 heterocycles. The smallest absolute Gasteiger partial charge is 0.366 e. The van der Waals surface area contributed by atoms with E-state index in [2.05, 4.69) is 32.9 Å². The fourth-order valence-electron chi connectivity index (χ4n) is 11.1. The molecule has 0 aliphatic heterocycles. The molecule has 4 N–H and O–H groups in total. The van der Waals surface area contributed by atoms with Crippen LogP contribution in [0.5, 0.6) is 0 Å². The Labute approximate surface area is 436 Å². The van der Waals surface area contributed by atoms with Gasteiger partial charge in [-0.1, -0.05) is 180 Å². The van der Waals surface area contributed by atoms with Gasteiger partial charge in [0.2, 0.25) is 5.54 Å². The molecule has 0 aromatic rings. The molecule has 0 rings (SSSR count). The second-order valence-electron chi connectivity index (χ2n) is 23.3. The lowest BCUT2D eigenvalue weighted by molar-refractivity contribution is -0.956. The minimum absolute atomic E-state index is 0.0440. The molecule has 0 bridgehead atoms. The topological polar surface area (TPSA) is 158 Å². The fraction of sp³-hybridized carbons (Fsp3) is 0.900. The van der Waals surface area contributed by atoms with Crippen molar-refractivity contribution in [2.45, 2.75) is 321 Å². The van der Waals surface area contributed by atoms with E-state index in [9.17, 15) is 39.6 Å². The number of aliphatic hydroxyl groups excluding tert-OH is 1. The van der Waals surface area contributed by atoms with Crippen LogP contribution in [-0.2, 0) is 23.9 Å². The summed E-state index contributed by atoms with van der Waals surface area (Å²) >= 11 is 0. The van der Waals surface area contributed by atoms with Gasteiger partial charge in [0, 0.05) is 26.2 Å². The van der Waals surface area contributed by atoms with Crippen LogP contribution >= 0.6 is 0 Å². The first kappa shape index (κ1) is 68.5. The van der Waals surface area contributed by atoms with Crippen molar-refractivity contribution < 1.29 is 53.3 Å². The Morgan fingerprint density at radius 2 is 0.930 bits per heavy atom. The van der Waals surface area contributed by atoms with E-state index >= 15 is 0 Å². The summed E-state index contributed by atoms with van der Waals surface area (Å²) in [6.07, 6.45) is 41.8. The van der Waals surface area contributed by atoms with Crippen LogP contribution in [-0.4, -0.2) is 117 Å². The summed E-state index contributed by atoms with van der Waals surface area (Å²) in [5.74, 6) is -4.02. The third-order valence-electron chi connectivity index (χ3n) is 16.8. The molecule has 11 heteroatoms. The molecule has 11 nitrogen and oxygen atoms in total. The number of aliphatic hydroxyl groups is 1. The first-order chi connectivity index (χ1) is 33.7. The van der Waals surface area contributed by atoms with Crippen LogP contribution in [0.15, 0.2) is 12.2 Å². The summed E-state index contributed by atoms with van der Waals surface area (Å²) in [7, 11) is 7.44. The van der Waals surface area contributed by atoms with Crippen LogP contribution in [0.4, 0.5) is 0 Å². The number of hydrogen-bond donors (Lipinski definition) is 4. The summed E-state index contributed by atoms with van der Waals surface area (Å²) < 4.78 is 5.92. The maximum atomic E-state index is 13.4. The first-order valence-corrected chi connectivity index (χ1v) is 29.5. The number of nitrogens with zero attached hydrogens (tertiary/aromatic N) is 2. The predicted molar refractivity (Wildman–Crippen MR) is 295 cm³/mol. The second kappa shape index (κ2) is 39.9. The lowest BCUT2D eigenvalue weighted by Gasteiger charge is -2.51. The van der Waals surface area contributed by atoms with Crippen molar-refractivity contribution in [2.24, 2.45) is 0 Å². The van der Waals surface area contributed by atoms with Crippen LogP contribution in [0.1, 0.15) is 286 Å². The van der Waals surface area contributed by atoms with Crippen molar-refractivity contribution in [3.05, 3.63) is 12.2 Å². The van der Waals surface area contributed by atoms with Crippen LogP contribution in [0.3, 0.4) is 0 Å². The molecule has 71 heavy (non-hydrogen) atoms. The molecule has 0 aliphatic rings. The number of unbranched alkanes of at least 4 members (excludes halogenated alkanes) is 27. The van der Waals surface area contributed by atoms with Gasteiger partial charge in [-0.15, -0.1) is 0 Å². The van der Waals surface area contributed by atoms with Gasteiger partial charge in [0.25, 0.3) is 0 Å². The highest BCUT2D eigenvalue weighted by molar-refractivity contribution is 5.84. The molecule has 0 saturated carbocycles. The van der Waals surface area contributed by atoms with Crippen molar-refractivity contribution in [2.75, 3.05) is 28.2 Å². The van der Waals surface area contributed by atoms with E-state index in [1.807, 2.05) is 14.1 Å². The summed E-state index contributed by atoms with van der Waals surface area (Å²) in [4.78, 5) is 52.2. The molecule has 0 radical (unpaired) electrons. The van der Waals surface area contributed by atoms with Crippen molar-refractivity contribution in [3.8, 4) is 0 Å². The number of likely N-dealkylation sites (N-methyl/N-ethyl adjacent to an activating group) is 2. The molecule has 0 aromatic carbocycles. The number of carboxylic acid groups (broad SMARTS) is 3. The molecular weight excluding hydrogens is 893 g/mol. The van der Waals surface area contributed by atoms with Gasteiger partial charge in [0.15, 0.2) is 5.54 Å². The summed E-state index contributed by atoms with van der Waals surface area (Å²) in [6, 6.07) is -0.263. The highest BCUT2D eigenvalue weighted by Gasteiger charge is 2.58. The van der Waals surface area contributed by atoms with Gasteiger partial charge in [-0.2, -0.15) is 0 Å². The number of rotatable bonds is 50. The average Bonchev–Trinajstić information content (AvgIpc) is 3.29. The van der Waals surface area contributed by atoms with Gasteiger partial charge < -0.3 is 34.1 Å². The molecule has 0 amide bonds. The zero-order valence-electron chi connectivity index (χ0n) is 48.1. The van der Waals surface area contributed by atoms with Gasteiger partial charge in [-0.25, -0.2) is 9.59 Å². The lowest BCUT2D eigenvalue weighted by atomic mass is 9.81. The number of carboxylic acids is 3. The zero-order valence-corrected chi connectivity index (χ0v) is 48.1. The monoisotopic (exact) mass is 1010 g/mol. The first-order valence-electron chi connectivity index (χ1n) is 29.5. The number of allylic oxidation sites excluding steroid dienone is 2. The van der Waals surface area contributed by atoms with Crippen LogP contribution in [0, 0.1) is 0 Å². The molecule has 6 atom stereocenters. The van der Waals surface area contributed by atoms with E-state index in [-0.39, 0.29) is 46.7 Å². The molecule has 0 fully saturated rings. The Kier molecular flexibility index (Phi) is 38.5. The fourth-order valence-corrected chi connectivity index (χ4v) is 11.1. The minimum atomic E-state index is -1.84. The third-order valence-corrected chi connectivity index (χ3v) is 16.8. The zero-order chi connectivity index (χ0) is 53.6. The second-order valence-corrected chi connectivity index (χ2v) is 23.3. The van der Waals surface area contributed by atoms with Gasteiger partial charge >= 0.3 is 23.9 Å². The summed E-state index contributed by atoms with van der Waals surface area (Å²) in [6.45, 7) is 11.7. The van der Waals surface area contributed by atoms with E-state index in [0.29, 0.717) is 12.8 Å². The molecule has 418 valence electrons. The number of carbonyl (C=O) groups excluding carboxylic acids is 1. The van der Waals surface area contributed by atoms with E-state index < -0.39 is 53.6 Å². The van der Waals surface area contributed by atoms with E-state index in [0.717, 1.165) is 51.4 Å². The van der Waals surface area contributed by atoms with Crippen LogP contribution in [0.2, 0.25) is 0 Å². The van der Waals surface area contributed by atoms with Crippen LogP contribution in [0.25, 0.3) is 0 Å². The molecule has 0 spiro atoms. The number of aliphatic carboxylic acids is 3. The Morgan fingerprint density at radius 1 is 0.535 bits per heavy atom. The summed E-state index contributed by atoms with van der Waals surface area (Å²) in [5.41, 5.74) is -3.00. The van der Waals surface area contributed by atoms with E-state index in [4.69, 9.17) is 4.74 Å². The Bertz CT molecular complexity index is 1420. The molecule has 0 aromatic heterocycles. The SMILES string of the molecule is CCCCCCCC/C=C\CCCCCCCCC(C)[N+](C)(C)C(C)(CCCC(=O)OC(C)CC(CC(=O)O)(C(=O)O)[N+](C)(C)C(CCCCCCCCCCCCCCCCCC)CC(C)O)C(=O)O. The minimum Gasteiger partial charge on any atom is -0.481 e. The van der Waals surface area contributed by atoms with Crippen molar-refractivity contribution in [1.29, 1.82) is 0 Å². The third kappa shape index (κ3) is 28.7. The largest absolute Gasteiger partial charge is 0.481 e. The quantitative estimate of drug-likeness (QED) is 0.0201. The number of quaternary nitrogens is 2. The summed E-state index contributed by atoms with van der Waals surface area (Å²) in [5, 5.41) is 42.3. The van der Waals surface area contributed by atoms with Crippen LogP contribution < -0.4 is 0 Å². The lowest BCUT2D eigenvalue weighted by Crippen LogP contribution is -2.70. The highest BCUT2D eigenvalue weighted by atomic mass is 16.5. The number of carbonyl (C=O) groups is 4. The van der Waals surface area contributed by atoms with Gasteiger partial charge in [0.05, 0.1) is 52.8 Å². The highest BCUT2D eigenvalue weighted by Crippen LogP contribution is 2.38. The number of hydrogen-bond acceptors (Lipinski definition) is 6. The standard InChI is InChI=1S/C60H114N2O9/c1-11-13-15-17-19-21-23-25-27-29-31-33-35-37-39-41-44-51(3)61(7,8)59(6,57(67)68)47-43-46-56(66)71-53(5)49-60(58(69)70,50-55(64)65)62(9,10)54(48-52(4)63)45-42-40-38-36-34-32-30-28-26-24-22-20-18-16-14-12-2/h25,27,51-54,63H,11-24,26,28-50H2,1-10H3,(H-2,64,65,67,68,69,70)/p+2/b27-25-. The Balaban J connectivity index is 5.20. The predicted octanol–water partition coefficient (Wildman–Crippen LogP) is 15.4. The number of ether oxygens (including phenoxy) is 1. The maximum absolute atomic E-state index is 13.4. The Hall–Kier alpha value is -2.50. The number of esters is 1. The van der Waals surface area contributed by atoms with E-state index in [1.165, 1.54) is 148 Å². The van der Waals surface area contributed by atoms with Gasteiger partial charge in [-0.05, 0) is 78.6 Å².